The van der Waals surface area contributed by atoms with Crippen molar-refractivity contribution in [2.75, 3.05) is 6.26 Å². The van der Waals surface area contributed by atoms with E-state index in [1.807, 2.05) is 12.1 Å². The quantitative estimate of drug-likeness (QED) is 0.179. The first-order valence-electron chi connectivity index (χ1n) is 14.9. The van der Waals surface area contributed by atoms with Crippen LogP contribution in [0.15, 0.2) is 102 Å². The third-order valence-electron chi connectivity index (χ3n) is 7.21. The average molecular weight is 694 g/mol. The van der Waals surface area contributed by atoms with Gasteiger partial charge in [0.25, 0.3) is 0 Å². The van der Waals surface area contributed by atoms with Crippen LogP contribution in [0.2, 0.25) is 0 Å². The molecule has 0 saturated carbocycles. The van der Waals surface area contributed by atoms with E-state index in [-0.39, 0.29) is 5.76 Å². The van der Waals surface area contributed by atoms with Crippen LogP contribution in [-0.2, 0) is 38.2 Å². The van der Waals surface area contributed by atoms with E-state index < -0.39 is 69.2 Å². The van der Waals surface area contributed by atoms with Gasteiger partial charge in [-0.15, -0.1) is 11.8 Å². The van der Waals surface area contributed by atoms with Gasteiger partial charge in [0.2, 0.25) is 11.8 Å². The van der Waals surface area contributed by atoms with Gasteiger partial charge in [-0.3, -0.25) is 9.59 Å². The maximum Gasteiger partial charge on any atom is 0.408 e. The Kier molecular flexibility index (Phi) is 10.2. The highest BCUT2D eigenvalue weighted by atomic mass is 32.2. The number of nitrogens with zero attached hydrogens (tertiary/aromatic N) is 1. The van der Waals surface area contributed by atoms with Gasteiger partial charge in [0, 0.05) is 5.41 Å². The van der Waals surface area contributed by atoms with Gasteiger partial charge in [-0.1, -0.05) is 91.0 Å². The number of hydrogen-bond donors (Lipinski definition) is 2. The van der Waals surface area contributed by atoms with Crippen LogP contribution in [0.25, 0.3) is 0 Å². The molecule has 4 atom stereocenters. The standard InChI is InChI=1S/C34H35N3O9S2/c1-34(2,3)45-33(41)36-25(21-14-8-5-9-15-21)29(38)35-26-30(39)37-27(24(20-47-31(26)37)46-48(4,42)43)32(40)44-28(22-16-10-6-11-17-22)23-18-12-7-13-19-23/h5-20,25-28,31H,1-4H3,(H,35,38)(H,36,41)/t25?,26-,27?,31+/m1/s1. The van der Waals surface area contributed by atoms with Crippen LogP contribution in [0.3, 0.4) is 0 Å². The SMILES string of the molecule is CC(C)(C)OC(=O)NC(C(=O)N[C@@H]1C(=O)N2C(C(=O)OC(c3ccccc3)c3ccccc3)C(OS(C)(=O)=O)=CS[C@@H]12)c1ccccc1. The van der Waals surface area contributed by atoms with Gasteiger partial charge in [0.05, 0.1) is 6.26 Å². The van der Waals surface area contributed by atoms with Crippen molar-refractivity contribution in [3.63, 3.8) is 0 Å². The Hall–Kier alpha value is -4.82. The lowest BCUT2D eigenvalue weighted by atomic mass is 9.99. The Morgan fingerprint density at radius 3 is 1.88 bits per heavy atom. The summed E-state index contributed by atoms with van der Waals surface area (Å²) < 4.78 is 40.9. The zero-order chi connectivity index (χ0) is 34.6. The molecule has 1 saturated heterocycles. The molecule has 2 heterocycles. The third kappa shape index (κ3) is 8.17. The second-order valence-electron chi connectivity index (χ2n) is 12.1. The van der Waals surface area contributed by atoms with Gasteiger partial charge < -0.3 is 29.2 Å². The number of esters is 1. The van der Waals surface area contributed by atoms with E-state index in [9.17, 15) is 27.6 Å². The number of benzene rings is 3. The van der Waals surface area contributed by atoms with Crippen molar-refractivity contribution in [2.24, 2.45) is 0 Å². The predicted octanol–water partition coefficient (Wildman–Crippen LogP) is 4.17. The molecule has 48 heavy (non-hydrogen) atoms. The molecule has 2 aliphatic heterocycles. The van der Waals surface area contributed by atoms with E-state index in [0.717, 1.165) is 22.9 Å². The lowest BCUT2D eigenvalue weighted by Crippen LogP contribution is -2.74. The summed E-state index contributed by atoms with van der Waals surface area (Å²) in [7, 11) is -4.11. The minimum absolute atomic E-state index is 0.310. The van der Waals surface area contributed by atoms with Crippen molar-refractivity contribution < 1.29 is 41.3 Å². The van der Waals surface area contributed by atoms with Crippen molar-refractivity contribution >= 4 is 45.8 Å². The van der Waals surface area contributed by atoms with Crippen LogP contribution < -0.4 is 10.6 Å². The molecule has 3 aromatic rings. The molecule has 3 aromatic carbocycles. The second kappa shape index (κ2) is 14.1. The van der Waals surface area contributed by atoms with Crippen LogP contribution in [0.4, 0.5) is 4.79 Å². The molecule has 2 unspecified atom stereocenters. The van der Waals surface area contributed by atoms with Gasteiger partial charge in [-0.05, 0) is 37.5 Å². The molecule has 0 spiro atoms. The Balaban J connectivity index is 1.40. The number of alkyl carbamates (subject to hydrolysis) is 1. The number of β-lactam (4-membered cyclic amide) rings is 1. The molecule has 0 aromatic heterocycles. The Morgan fingerprint density at radius 2 is 1.38 bits per heavy atom. The first kappa shape index (κ1) is 34.5. The lowest BCUT2D eigenvalue weighted by molar-refractivity contribution is -0.166. The van der Waals surface area contributed by atoms with E-state index in [4.69, 9.17) is 13.7 Å². The summed E-state index contributed by atoms with van der Waals surface area (Å²) in [6.45, 7) is 5.06. The fraction of sp³-hybridized carbons (Fsp3) is 0.294. The van der Waals surface area contributed by atoms with Crippen LogP contribution in [0.5, 0.6) is 0 Å². The Labute approximate surface area is 282 Å². The molecule has 14 heteroatoms. The Morgan fingerprint density at radius 1 is 0.854 bits per heavy atom. The molecule has 252 valence electrons. The average Bonchev–Trinajstić information content (AvgIpc) is 3.04. The van der Waals surface area contributed by atoms with Crippen molar-refractivity contribution in [3.8, 4) is 0 Å². The highest BCUT2D eigenvalue weighted by Gasteiger charge is 2.58. The molecule has 0 aliphatic carbocycles. The minimum Gasteiger partial charge on any atom is -0.451 e. The van der Waals surface area contributed by atoms with Gasteiger partial charge in [0.1, 0.15) is 23.1 Å². The minimum atomic E-state index is -4.11. The number of fused-ring (bicyclic) bond motifs is 1. The molecule has 0 radical (unpaired) electrons. The summed E-state index contributed by atoms with van der Waals surface area (Å²) >= 11 is 0.997. The highest BCUT2D eigenvalue weighted by molar-refractivity contribution is 8.03. The number of nitrogens with one attached hydrogen (secondary N) is 2. The van der Waals surface area contributed by atoms with E-state index in [0.29, 0.717) is 16.7 Å². The van der Waals surface area contributed by atoms with E-state index in [1.165, 1.54) is 5.41 Å². The van der Waals surface area contributed by atoms with Crippen molar-refractivity contribution in [1.82, 2.24) is 15.5 Å². The van der Waals surface area contributed by atoms with E-state index in [2.05, 4.69) is 10.6 Å². The zero-order valence-corrected chi connectivity index (χ0v) is 28.2. The molecule has 3 amide bonds. The number of hydrogen-bond acceptors (Lipinski definition) is 10. The summed E-state index contributed by atoms with van der Waals surface area (Å²) in [5.41, 5.74) is 0.918. The second-order valence-corrected chi connectivity index (χ2v) is 14.7. The van der Waals surface area contributed by atoms with E-state index in [1.54, 1.807) is 99.6 Å². The number of rotatable bonds is 10. The largest absolute Gasteiger partial charge is 0.451 e. The number of amides is 3. The lowest BCUT2D eigenvalue weighted by Gasteiger charge is -2.51. The summed E-state index contributed by atoms with van der Waals surface area (Å²) in [4.78, 5) is 55.1. The number of thioether (sulfide) groups is 1. The summed E-state index contributed by atoms with van der Waals surface area (Å²) in [6.07, 6.45) is -0.892. The molecule has 1 fully saturated rings. The van der Waals surface area contributed by atoms with Crippen molar-refractivity contribution in [2.45, 2.75) is 56.0 Å². The van der Waals surface area contributed by atoms with E-state index >= 15 is 0 Å². The van der Waals surface area contributed by atoms with Crippen molar-refractivity contribution in [3.05, 3.63) is 119 Å². The van der Waals surface area contributed by atoms with Crippen LogP contribution in [-0.4, -0.2) is 66.5 Å². The van der Waals surface area contributed by atoms with Crippen LogP contribution >= 0.6 is 11.8 Å². The van der Waals surface area contributed by atoms with Gasteiger partial charge in [0.15, 0.2) is 17.9 Å². The first-order valence-corrected chi connectivity index (χ1v) is 17.7. The molecular formula is C34H35N3O9S2. The highest BCUT2D eigenvalue weighted by Crippen LogP contribution is 2.42. The summed E-state index contributed by atoms with van der Waals surface area (Å²) in [5, 5.41) is 5.75. The van der Waals surface area contributed by atoms with Gasteiger partial charge in [-0.25, -0.2) is 9.59 Å². The maximum atomic E-state index is 14.0. The molecule has 2 aliphatic rings. The van der Waals surface area contributed by atoms with Gasteiger partial charge in [-0.2, -0.15) is 8.42 Å². The van der Waals surface area contributed by atoms with Crippen LogP contribution in [0, 0.1) is 0 Å². The smallest absolute Gasteiger partial charge is 0.408 e. The predicted molar refractivity (Wildman–Crippen MR) is 177 cm³/mol. The summed E-state index contributed by atoms with van der Waals surface area (Å²) in [6, 6.07) is 22.4. The van der Waals surface area contributed by atoms with Gasteiger partial charge >= 0.3 is 22.2 Å². The third-order valence-corrected chi connectivity index (χ3v) is 8.86. The molecular weight excluding hydrogens is 659 g/mol. The number of ether oxygens (including phenoxy) is 2. The van der Waals surface area contributed by atoms with Crippen LogP contribution in [0.1, 0.15) is 49.6 Å². The monoisotopic (exact) mass is 693 g/mol. The topological polar surface area (TPSA) is 157 Å². The number of carbonyl (C=O) groups is 4. The fourth-order valence-corrected chi connectivity index (χ4v) is 6.92. The molecule has 5 rings (SSSR count). The number of carbonyl (C=O) groups excluding carboxylic acids is 4. The summed E-state index contributed by atoms with van der Waals surface area (Å²) in [5.74, 6) is -2.61. The fourth-order valence-electron chi connectivity index (χ4n) is 5.22. The Bertz CT molecular complexity index is 1760. The van der Waals surface area contributed by atoms with Crippen molar-refractivity contribution in [1.29, 1.82) is 0 Å². The molecule has 12 nitrogen and oxygen atoms in total. The maximum absolute atomic E-state index is 14.0. The first-order chi connectivity index (χ1) is 22.7. The molecule has 0 bridgehead atoms. The molecule has 2 N–H and O–H groups in total. The normalized spacial score (nSPS) is 19.6. The zero-order valence-electron chi connectivity index (χ0n) is 26.6.